The third-order valence-corrected chi connectivity index (χ3v) is 4.11. The highest BCUT2D eigenvalue weighted by molar-refractivity contribution is 5.96. The lowest BCUT2D eigenvalue weighted by molar-refractivity contribution is -0.125. The molecule has 0 aliphatic rings. The molecule has 1 rings (SSSR count). The molecule has 20 heavy (non-hydrogen) atoms. The monoisotopic (exact) mass is 300 g/mol. The quantitative estimate of drug-likeness (QED) is 0.782. The molecule has 0 aromatic heterocycles. The van der Waals surface area contributed by atoms with Crippen LogP contribution in [0.3, 0.4) is 0 Å². The first-order valence-electron chi connectivity index (χ1n) is 6.72. The number of anilines is 1. The van der Waals surface area contributed by atoms with Crippen LogP contribution >= 0.6 is 12.4 Å². The summed E-state index contributed by atoms with van der Waals surface area (Å²) < 4.78 is 0. The number of rotatable bonds is 5. The summed E-state index contributed by atoms with van der Waals surface area (Å²) in [7, 11) is 0. The number of nitrogens with one attached hydrogen (secondary N) is 1. The van der Waals surface area contributed by atoms with Gasteiger partial charge < -0.3 is 16.2 Å². The average molecular weight is 301 g/mol. The molecule has 0 fully saturated rings. The predicted octanol–water partition coefficient (Wildman–Crippen LogP) is 3.13. The SMILES string of the molecule is CCC(CC)(CN)C(=O)Nc1ccc(C)c(O)c1C.Cl. The van der Waals surface area contributed by atoms with Gasteiger partial charge in [0.25, 0.3) is 0 Å². The number of hydrogen-bond acceptors (Lipinski definition) is 3. The van der Waals surface area contributed by atoms with E-state index in [0.29, 0.717) is 30.6 Å². The summed E-state index contributed by atoms with van der Waals surface area (Å²) >= 11 is 0. The van der Waals surface area contributed by atoms with E-state index in [9.17, 15) is 9.90 Å². The molecule has 5 heteroatoms. The molecule has 0 atom stereocenters. The molecular weight excluding hydrogens is 276 g/mol. The highest BCUT2D eigenvalue weighted by Gasteiger charge is 2.33. The van der Waals surface area contributed by atoms with Gasteiger partial charge in [-0.05, 0) is 38.3 Å². The third-order valence-electron chi connectivity index (χ3n) is 4.11. The maximum Gasteiger partial charge on any atom is 0.231 e. The molecule has 4 nitrogen and oxygen atoms in total. The van der Waals surface area contributed by atoms with Gasteiger partial charge in [0.05, 0.1) is 5.41 Å². The number of carbonyl (C=O) groups is 1. The van der Waals surface area contributed by atoms with E-state index in [-0.39, 0.29) is 24.1 Å². The zero-order valence-corrected chi connectivity index (χ0v) is 13.4. The fourth-order valence-electron chi connectivity index (χ4n) is 2.18. The minimum atomic E-state index is -0.535. The normalized spacial score (nSPS) is 10.8. The van der Waals surface area contributed by atoms with Crippen LogP contribution in [-0.4, -0.2) is 17.6 Å². The van der Waals surface area contributed by atoms with E-state index in [2.05, 4.69) is 5.32 Å². The van der Waals surface area contributed by atoms with Gasteiger partial charge in [-0.3, -0.25) is 4.79 Å². The van der Waals surface area contributed by atoms with E-state index >= 15 is 0 Å². The lowest BCUT2D eigenvalue weighted by Crippen LogP contribution is -2.41. The smallest absolute Gasteiger partial charge is 0.231 e. The van der Waals surface area contributed by atoms with Crippen LogP contribution in [0.25, 0.3) is 0 Å². The van der Waals surface area contributed by atoms with Crippen molar-refractivity contribution in [1.82, 2.24) is 0 Å². The number of halogens is 1. The lowest BCUT2D eigenvalue weighted by Gasteiger charge is -2.29. The maximum atomic E-state index is 12.4. The largest absolute Gasteiger partial charge is 0.507 e. The first-order valence-corrected chi connectivity index (χ1v) is 6.72. The second kappa shape index (κ2) is 7.50. The Morgan fingerprint density at radius 2 is 1.85 bits per heavy atom. The molecule has 0 bridgehead atoms. The second-order valence-electron chi connectivity index (χ2n) is 5.05. The summed E-state index contributed by atoms with van der Waals surface area (Å²) in [5.74, 6) is 0.149. The second-order valence-corrected chi connectivity index (χ2v) is 5.05. The van der Waals surface area contributed by atoms with E-state index in [4.69, 9.17) is 5.73 Å². The van der Waals surface area contributed by atoms with Crippen LogP contribution in [-0.2, 0) is 4.79 Å². The molecule has 1 aromatic rings. The number of carbonyl (C=O) groups excluding carboxylic acids is 1. The molecule has 0 saturated heterocycles. The fourth-order valence-corrected chi connectivity index (χ4v) is 2.18. The molecule has 0 spiro atoms. The highest BCUT2D eigenvalue weighted by atomic mass is 35.5. The van der Waals surface area contributed by atoms with E-state index in [0.717, 1.165) is 5.56 Å². The van der Waals surface area contributed by atoms with Gasteiger partial charge in [0.2, 0.25) is 5.91 Å². The van der Waals surface area contributed by atoms with E-state index in [1.54, 1.807) is 13.0 Å². The Kier molecular flexibility index (Phi) is 7.03. The molecule has 0 saturated carbocycles. The van der Waals surface area contributed by atoms with Crippen molar-refractivity contribution in [1.29, 1.82) is 0 Å². The van der Waals surface area contributed by atoms with Gasteiger partial charge in [-0.25, -0.2) is 0 Å². The Morgan fingerprint density at radius 1 is 1.30 bits per heavy atom. The van der Waals surface area contributed by atoms with Crippen molar-refractivity contribution in [2.45, 2.75) is 40.5 Å². The lowest BCUT2D eigenvalue weighted by atomic mass is 9.81. The van der Waals surface area contributed by atoms with Gasteiger partial charge in [0.1, 0.15) is 5.75 Å². The first-order chi connectivity index (χ1) is 8.91. The number of phenolic OH excluding ortho intramolecular Hbond substituents is 1. The van der Waals surface area contributed by atoms with Crippen molar-refractivity contribution in [3.05, 3.63) is 23.3 Å². The van der Waals surface area contributed by atoms with Gasteiger partial charge >= 0.3 is 0 Å². The third kappa shape index (κ3) is 3.44. The van der Waals surface area contributed by atoms with Gasteiger partial charge in [-0.15, -0.1) is 12.4 Å². The molecule has 0 aliphatic carbocycles. The van der Waals surface area contributed by atoms with Crippen molar-refractivity contribution in [3.8, 4) is 5.75 Å². The molecule has 1 amide bonds. The molecular formula is C15H25ClN2O2. The van der Waals surface area contributed by atoms with Crippen molar-refractivity contribution in [2.75, 3.05) is 11.9 Å². The molecule has 4 N–H and O–H groups in total. The van der Waals surface area contributed by atoms with Crippen molar-refractivity contribution in [3.63, 3.8) is 0 Å². The summed E-state index contributed by atoms with van der Waals surface area (Å²) in [4.78, 5) is 12.4. The van der Waals surface area contributed by atoms with E-state index in [1.807, 2.05) is 26.8 Å². The number of benzene rings is 1. The minimum Gasteiger partial charge on any atom is -0.507 e. The molecule has 114 valence electrons. The van der Waals surface area contributed by atoms with Crippen molar-refractivity contribution >= 4 is 24.0 Å². The summed E-state index contributed by atoms with van der Waals surface area (Å²) in [6, 6.07) is 3.61. The van der Waals surface area contributed by atoms with Crippen LogP contribution in [0.1, 0.15) is 37.8 Å². The summed E-state index contributed by atoms with van der Waals surface area (Å²) in [5, 5.41) is 12.8. The highest BCUT2D eigenvalue weighted by Crippen LogP contribution is 2.31. The number of aromatic hydroxyl groups is 1. The standard InChI is InChI=1S/C15H24N2O2.ClH/c1-5-15(6-2,9-16)14(19)17-12-8-7-10(3)13(18)11(12)4;/h7-8,18H,5-6,9,16H2,1-4H3,(H,17,19);1H. The number of phenols is 1. The van der Waals surface area contributed by atoms with Crippen LogP contribution < -0.4 is 11.1 Å². The van der Waals surface area contributed by atoms with Gasteiger partial charge in [0.15, 0.2) is 0 Å². The zero-order valence-electron chi connectivity index (χ0n) is 12.6. The summed E-state index contributed by atoms with van der Waals surface area (Å²) in [5.41, 5.74) is 7.36. The first kappa shape index (κ1) is 18.7. The molecule has 1 aromatic carbocycles. The van der Waals surface area contributed by atoms with Crippen LogP contribution in [0.2, 0.25) is 0 Å². The molecule has 0 radical (unpaired) electrons. The summed E-state index contributed by atoms with van der Waals surface area (Å²) in [6.07, 6.45) is 1.39. The van der Waals surface area contributed by atoms with Crippen LogP contribution in [0, 0.1) is 19.3 Å². The van der Waals surface area contributed by atoms with Gasteiger partial charge in [0, 0.05) is 17.8 Å². The number of hydrogen-bond donors (Lipinski definition) is 3. The summed E-state index contributed by atoms with van der Waals surface area (Å²) in [6.45, 7) is 7.88. The van der Waals surface area contributed by atoms with E-state index in [1.165, 1.54) is 0 Å². The average Bonchev–Trinajstić information content (AvgIpc) is 2.42. The van der Waals surface area contributed by atoms with Crippen molar-refractivity contribution < 1.29 is 9.90 Å². The van der Waals surface area contributed by atoms with Crippen LogP contribution in [0.4, 0.5) is 5.69 Å². The molecule has 0 unspecified atom stereocenters. The topological polar surface area (TPSA) is 75.4 Å². The van der Waals surface area contributed by atoms with Crippen LogP contribution in [0.5, 0.6) is 5.75 Å². The van der Waals surface area contributed by atoms with E-state index < -0.39 is 5.41 Å². The van der Waals surface area contributed by atoms with Gasteiger partial charge in [-0.2, -0.15) is 0 Å². The molecule has 0 aliphatic heterocycles. The van der Waals surface area contributed by atoms with Gasteiger partial charge in [-0.1, -0.05) is 19.9 Å². The van der Waals surface area contributed by atoms with Crippen molar-refractivity contribution in [2.24, 2.45) is 11.1 Å². The zero-order chi connectivity index (χ0) is 14.6. The number of amides is 1. The number of nitrogens with two attached hydrogens (primary N) is 1. The molecule has 0 heterocycles. The fraction of sp³-hybridized carbons (Fsp3) is 0.533. The van der Waals surface area contributed by atoms with Crippen LogP contribution in [0.15, 0.2) is 12.1 Å². The predicted molar refractivity (Wildman–Crippen MR) is 85.5 cm³/mol. The Hall–Kier alpha value is -1.26. The maximum absolute atomic E-state index is 12.4. The minimum absolute atomic E-state index is 0. The number of aryl methyl sites for hydroxylation is 1. The Bertz CT molecular complexity index is 463. The Morgan fingerprint density at radius 3 is 2.30 bits per heavy atom. The Labute approximate surface area is 127 Å². The Balaban J connectivity index is 0.00000361.